The molecular formula is C46H74N6O32S3. The van der Waals surface area contributed by atoms with Crippen LogP contribution in [0.2, 0.25) is 0 Å². The molecule has 17 N–H and O–H groups in total. The van der Waals surface area contributed by atoms with Crippen molar-refractivity contribution in [2.75, 3.05) is 38.7 Å². The van der Waals surface area contributed by atoms with E-state index in [4.69, 9.17) is 37.9 Å². The Morgan fingerprint density at radius 2 is 1.07 bits per heavy atom. The van der Waals surface area contributed by atoms with Gasteiger partial charge in [0.15, 0.2) is 37.4 Å². The summed E-state index contributed by atoms with van der Waals surface area (Å²) in [5, 5.41) is 114. The molecule has 6 fully saturated rings. The van der Waals surface area contributed by atoms with Gasteiger partial charge in [-0.1, -0.05) is 12.8 Å². The number of nitrogens with one attached hydrogen (secondary N) is 6. The van der Waals surface area contributed by atoms with E-state index >= 15 is 0 Å². The molecule has 0 aliphatic carbocycles. The second-order valence-electron chi connectivity index (χ2n) is 21.0. The maximum atomic E-state index is 13.0. The molecule has 0 saturated carbocycles. The monoisotopic (exact) mass is 1320 g/mol. The van der Waals surface area contributed by atoms with Crippen molar-refractivity contribution in [1.82, 2.24) is 31.9 Å². The fourth-order valence-corrected chi connectivity index (χ4v) is 12.5. The smallest absolute Gasteiger partial charge is 0.397 e. The third kappa shape index (κ3) is 20.3. The van der Waals surface area contributed by atoms with Crippen LogP contribution in [0, 0.1) is 0 Å². The number of hydrogen-bond acceptors (Lipinski definition) is 29. The van der Waals surface area contributed by atoms with Crippen molar-refractivity contribution < 1.29 is 152 Å². The molecule has 6 aliphatic heterocycles. The van der Waals surface area contributed by atoms with Crippen LogP contribution in [0.15, 0.2) is 0 Å². The molecule has 0 aromatic rings. The third-order valence-corrected chi connectivity index (χ3v) is 16.9. The first-order chi connectivity index (χ1) is 40.8. The van der Waals surface area contributed by atoms with Gasteiger partial charge in [0.05, 0.1) is 31.9 Å². The number of aliphatic hydroxyl groups is 7. The molecule has 41 heteroatoms. The highest BCUT2D eigenvalue weighted by molar-refractivity contribution is 8.00. The van der Waals surface area contributed by atoms with Gasteiger partial charge in [0, 0.05) is 50.8 Å². The molecule has 87 heavy (non-hydrogen) atoms. The maximum absolute atomic E-state index is 13.0. The number of hydrogen-bond donors (Lipinski definition) is 17. The lowest BCUT2D eigenvalue weighted by Crippen LogP contribution is -2.71. The van der Waals surface area contributed by atoms with E-state index < -0.39 is 193 Å². The summed E-state index contributed by atoms with van der Waals surface area (Å²) in [7, 11) is -10.6. The summed E-state index contributed by atoms with van der Waals surface area (Å²) in [6.45, 7) is -0.988. The van der Waals surface area contributed by atoms with Crippen LogP contribution in [-0.4, -0.2) is 292 Å². The van der Waals surface area contributed by atoms with Gasteiger partial charge in [-0.25, -0.2) is 22.7 Å². The number of ether oxygens (including phenoxy) is 8. The average molecular weight is 1320 g/mol. The highest BCUT2D eigenvalue weighted by Gasteiger charge is 2.58. The van der Waals surface area contributed by atoms with Gasteiger partial charge in [-0.15, -0.1) is 0 Å². The highest BCUT2D eigenvalue weighted by atomic mass is 32.3. The van der Waals surface area contributed by atoms with Crippen LogP contribution in [0.25, 0.3) is 0 Å². The van der Waals surface area contributed by atoms with E-state index in [0.717, 1.165) is 32.4 Å². The molecule has 38 nitrogen and oxygen atoms in total. The minimum atomic E-state index is -5.37. The van der Waals surface area contributed by atoms with Crippen LogP contribution in [0.3, 0.4) is 0 Å². The number of aliphatic carboxylic acids is 2. The topological polar surface area (TPSA) is 575 Å². The predicted octanol–water partition coefficient (Wildman–Crippen LogP) is -8.08. The molecule has 23 atom stereocenters. The minimum absolute atomic E-state index is 0.0547. The van der Waals surface area contributed by atoms with Gasteiger partial charge in [0.25, 0.3) is 0 Å². The zero-order chi connectivity index (χ0) is 64.2. The second-order valence-corrected chi connectivity index (χ2v) is 24.4. The predicted molar refractivity (Wildman–Crippen MR) is 281 cm³/mol. The van der Waals surface area contributed by atoms with Crippen LogP contribution >= 0.6 is 11.8 Å². The summed E-state index contributed by atoms with van der Waals surface area (Å²) in [6, 6.07) is -3.74. The number of carboxylic acids is 2. The largest absolute Gasteiger partial charge is 0.479 e. The first-order valence-electron chi connectivity index (χ1n) is 27.3. The van der Waals surface area contributed by atoms with Crippen molar-refractivity contribution in [3.05, 3.63) is 0 Å². The highest BCUT2D eigenvalue weighted by Crippen LogP contribution is 2.36. The zero-order valence-electron chi connectivity index (χ0n) is 46.4. The summed E-state index contributed by atoms with van der Waals surface area (Å²) >= 11 is 1.80. The first kappa shape index (κ1) is 71.7. The van der Waals surface area contributed by atoms with Crippen LogP contribution in [-0.2, 0) is 95.8 Å². The van der Waals surface area contributed by atoms with Crippen LogP contribution in [0.1, 0.15) is 65.2 Å². The van der Waals surface area contributed by atoms with Crippen molar-refractivity contribution in [3.8, 4) is 0 Å². The molecule has 0 spiro atoms. The molecule has 6 amide bonds. The molecule has 498 valence electrons. The van der Waals surface area contributed by atoms with Gasteiger partial charge < -0.3 is 116 Å². The molecule has 6 heterocycles. The number of amides is 6. The Balaban J connectivity index is 1.08. The Labute approximate surface area is 500 Å². The van der Waals surface area contributed by atoms with Crippen molar-refractivity contribution in [1.29, 1.82) is 0 Å². The number of carbonyl (C=O) groups excluding carboxylic acids is 5. The Morgan fingerprint density at radius 3 is 1.61 bits per heavy atom. The number of urea groups is 1. The molecule has 6 rings (SSSR count). The zero-order valence-corrected chi connectivity index (χ0v) is 48.8. The summed E-state index contributed by atoms with van der Waals surface area (Å²) in [6.07, 6.45) is -36.6. The Hall–Kier alpha value is -4.42. The first-order valence-corrected chi connectivity index (χ1v) is 31.0. The van der Waals surface area contributed by atoms with Gasteiger partial charge in [-0.3, -0.25) is 28.3 Å². The van der Waals surface area contributed by atoms with Crippen LogP contribution in [0.4, 0.5) is 4.79 Å². The number of rotatable bonds is 31. The number of fused-ring (bicyclic) bond motifs is 1. The van der Waals surface area contributed by atoms with Gasteiger partial charge in [-0.05, 0) is 25.7 Å². The Kier molecular flexibility index (Phi) is 26.4. The fraction of sp³-hybridized carbons (Fsp3) is 0.848. The molecule has 0 aromatic carbocycles. The summed E-state index contributed by atoms with van der Waals surface area (Å²) in [5.74, 6) is -5.53. The molecule has 6 aliphatic rings. The van der Waals surface area contributed by atoms with E-state index in [-0.39, 0.29) is 37.0 Å². The normalized spacial score (nSPS) is 37.0. The lowest BCUT2D eigenvalue weighted by molar-refractivity contribution is -0.369. The van der Waals surface area contributed by atoms with E-state index in [1.54, 1.807) is 11.8 Å². The minimum Gasteiger partial charge on any atom is -0.479 e. The summed E-state index contributed by atoms with van der Waals surface area (Å²) in [4.78, 5) is 86.9. The van der Waals surface area contributed by atoms with E-state index in [1.807, 2.05) is 0 Å². The third-order valence-electron chi connectivity index (χ3n) is 14.5. The number of unbranched alkanes of at least 4 members (excludes halogenated alkanes) is 3. The number of thioether (sulfide) groups is 1. The number of aliphatic hydroxyl groups excluding tert-OH is 7. The molecule has 6 saturated heterocycles. The van der Waals surface area contributed by atoms with Crippen LogP contribution in [0.5, 0.6) is 0 Å². The van der Waals surface area contributed by atoms with Gasteiger partial charge in [0.1, 0.15) is 85.3 Å². The number of carboxylic acid groups (broad SMARTS) is 2. The summed E-state index contributed by atoms with van der Waals surface area (Å²) in [5.41, 5.74) is 0. The van der Waals surface area contributed by atoms with Crippen molar-refractivity contribution in [2.24, 2.45) is 0 Å². The molecule has 0 unspecified atom stereocenters. The fourth-order valence-electron chi connectivity index (χ4n) is 10.3. The van der Waals surface area contributed by atoms with Crippen LogP contribution < -0.4 is 31.9 Å². The average Bonchev–Trinajstić information content (AvgIpc) is 1.61. The lowest BCUT2D eigenvalue weighted by Gasteiger charge is -2.50. The Bertz CT molecular complexity index is 2600. The molecule has 0 aromatic heterocycles. The van der Waals surface area contributed by atoms with E-state index in [2.05, 4.69) is 40.3 Å². The second kappa shape index (κ2) is 32.0. The Morgan fingerprint density at radius 1 is 0.575 bits per heavy atom. The van der Waals surface area contributed by atoms with Crippen molar-refractivity contribution in [3.63, 3.8) is 0 Å². The van der Waals surface area contributed by atoms with Crippen molar-refractivity contribution >= 4 is 74.2 Å². The molecular weight excluding hydrogens is 1240 g/mol. The van der Waals surface area contributed by atoms with Gasteiger partial charge in [-0.2, -0.15) is 28.6 Å². The SMILES string of the molecule is CC(=O)N[C@H]1[C@H](O[C@H]2[C@H](O)[C@@H](O)[C@H](O[C@H]3[C@@H](O)[C@@H](COS(=O)(=O)O)O[C@@H](OCCNC(=O)CCCCCNC(=O)CCCC[C@@H]4SC[C@@H]5NC(=O)N[C@@H]54)[C@@H]3NC(C)=O)O[C@@H]2C(=O)O)O[C@H](COS(=O)(=O)O)[C@H](O)[C@@H]1O[C@@H]1O[C@H](C(=O)O)[C@@H](O)[C@H](O)[C@H]1O. The quantitative estimate of drug-likeness (QED) is 0.0174. The number of carbonyl (C=O) groups is 7. The lowest BCUT2D eigenvalue weighted by atomic mass is 9.94. The standard InChI is InChI=1S/C46H74N6O32S3/c1-17(53)49-26-35(28(57)20(14-76-86(69,70)71)78-42(26)75-13-12-48-24(56)9-4-3-7-11-47-23(55)10-6-5-8-22-25-19(16-85-22)51-46(68)52-25)80-45-34(63)32(61)37(39(84-45)41(66)67)82-43-27(50-18(2)54)36(29(58)21(79-43)15-77-87(72,73)74)81-44-33(62)30(59)31(60)38(83-44)40(64)65/h19-22,25-39,42-45,57-63H,3-16H2,1-2H3,(H,47,55)(H,48,56)(H,49,53)(H,50,54)(H,64,65)(H,66,67)(H2,51,52,68)(H,69,70,71)(H,72,73,74)/t19-,20+,21+,22-,25-,26+,27+,28-,29-,30-,31-,32+,33+,34+,35+,36+,37-,38-,39-,42+,43-,44+,45+/m0/s1. The molecule has 0 radical (unpaired) electrons. The summed E-state index contributed by atoms with van der Waals surface area (Å²) < 4.78 is 119. The van der Waals surface area contributed by atoms with E-state index in [0.29, 0.717) is 43.9 Å². The molecule has 0 bridgehead atoms. The maximum Gasteiger partial charge on any atom is 0.397 e. The van der Waals surface area contributed by atoms with Crippen molar-refractivity contribution in [2.45, 2.75) is 205 Å². The van der Waals surface area contributed by atoms with Gasteiger partial charge in [0.2, 0.25) is 23.6 Å². The van der Waals surface area contributed by atoms with Gasteiger partial charge >= 0.3 is 38.8 Å². The van der Waals surface area contributed by atoms with E-state index in [9.17, 15) is 105 Å². The van der Waals surface area contributed by atoms with E-state index in [1.165, 1.54) is 0 Å².